The molecular formula is C14H16ClN3O3S. The number of carbonyl (C=O) groups excluding carboxylic acids is 2. The van der Waals surface area contributed by atoms with Gasteiger partial charge in [-0.1, -0.05) is 18.5 Å². The van der Waals surface area contributed by atoms with Crippen molar-refractivity contribution in [3.8, 4) is 0 Å². The zero-order chi connectivity index (χ0) is 16.3. The number of amides is 1. The smallest absolute Gasteiger partial charge is 0.340 e. The van der Waals surface area contributed by atoms with E-state index in [-0.39, 0.29) is 5.91 Å². The van der Waals surface area contributed by atoms with Crippen LogP contribution in [0, 0.1) is 6.92 Å². The maximum absolute atomic E-state index is 12.5. The van der Waals surface area contributed by atoms with E-state index in [9.17, 15) is 9.59 Å². The Balaban J connectivity index is 2.22. The average Bonchev–Trinajstić information content (AvgIpc) is 3.05. The third-order valence-electron chi connectivity index (χ3n) is 3.08. The van der Waals surface area contributed by atoms with Crippen molar-refractivity contribution in [2.24, 2.45) is 0 Å². The van der Waals surface area contributed by atoms with Crippen LogP contribution < -0.4 is 5.32 Å². The molecule has 0 aliphatic heterocycles. The molecule has 0 aromatic carbocycles. The summed E-state index contributed by atoms with van der Waals surface area (Å²) in [6.45, 7) is 3.73. The molecule has 0 spiro atoms. The lowest BCUT2D eigenvalue weighted by Crippen LogP contribution is -2.26. The van der Waals surface area contributed by atoms with Crippen LogP contribution in [-0.2, 0) is 9.53 Å². The summed E-state index contributed by atoms with van der Waals surface area (Å²) in [4.78, 5) is 25.1. The first-order chi connectivity index (χ1) is 10.5. The molecule has 0 radical (unpaired) electrons. The number of nitrogens with zero attached hydrogens (tertiary/aromatic N) is 2. The molecule has 2 rings (SSSR count). The van der Waals surface area contributed by atoms with Crippen molar-refractivity contribution in [1.82, 2.24) is 9.78 Å². The molecule has 2 heterocycles. The van der Waals surface area contributed by atoms with Crippen LogP contribution in [0.4, 0.5) is 5.00 Å². The molecule has 0 aliphatic rings. The number of esters is 1. The highest BCUT2D eigenvalue weighted by Crippen LogP contribution is 2.29. The van der Waals surface area contributed by atoms with Gasteiger partial charge < -0.3 is 10.1 Å². The number of anilines is 1. The summed E-state index contributed by atoms with van der Waals surface area (Å²) in [7, 11) is 1.31. The van der Waals surface area contributed by atoms with Gasteiger partial charge in [-0.3, -0.25) is 9.48 Å². The van der Waals surface area contributed by atoms with E-state index in [1.54, 1.807) is 12.3 Å². The number of methoxy groups -OCH3 is 1. The maximum Gasteiger partial charge on any atom is 0.340 e. The van der Waals surface area contributed by atoms with Crippen molar-refractivity contribution in [2.45, 2.75) is 26.3 Å². The number of thiophene rings is 1. The quantitative estimate of drug-likeness (QED) is 0.847. The minimum atomic E-state index is -0.500. The highest BCUT2D eigenvalue weighted by atomic mass is 35.5. The lowest BCUT2D eigenvalue weighted by Gasteiger charge is -2.15. The Kier molecular flexibility index (Phi) is 5.20. The van der Waals surface area contributed by atoms with Gasteiger partial charge in [0.15, 0.2) is 0 Å². The fourth-order valence-corrected chi connectivity index (χ4v) is 3.09. The third-order valence-corrected chi connectivity index (χ3v) is 4.24. The number of hydrogen-bond acceptors (Lipinski definition) is 5. The number of aromatic nitrogens is 2. The Morgan fingerprint density at radius 3 is 2.82 bits per heavy atom. The Labute approximate surface area is 137 Å². The lowest BCUT2D eigenvalue weighted by atomic mass is 10.2. The Morgan fingerprint density at radius 1 is 1.55 bits per heavy atom. The van der Waals surface area contributed by atoms with Gasteiger partial charge in [0.25, 0.3) is 0 Å². The summed E-state index contributed by atoms with van der Waals surface area (Å²) in [6.07, 6.45) is 3.62. The van der Waals surface area contributed by atoms with Crippen molar-refractivity contribution >= 4 is 39.8 Å². The van der Waals surface area contributed by atoms with E-state index in [0.717, 1.165) is 4.88 Å². The number of nitrogens with one attached hydrogen (secondary N) is 1. The van der Waals surface area contributed by atoms with Gasteiger partial charge in [-0.05, 0) is 19.4 Å². The molecule has 1 N–H and O–H groups in total. The van der Waals surface area contributed by atoms with Crippen LogP contribution in [0.2, 0.25) is 5.02 Å². The van der Waals surface area contributed by atoms with Gasteiger partial charge in [-0.2, -0.15) is 5.10 Å². The summed E-state index contributed by atoms with van der Waals surface area (Å²) in [5.74, 6) is -0.732. The topological polar surface area (TPSA) is 73.2 Å². The molecule has 0 fully saturated rings. The monoisotopic (exact) mass is 341 g/mol. The van der Waals surface area contributed by atoms with Crippen LogP contribution in [-0.4, -0.2) is 28.8 Å². The number of ether oxygens (including phenoxy) is 1. The third kappa shape index (κ3) is 3.48. The van der Waals surface area contributed by atoms with Crippen LogP contribution >= 0.6 is 22.9 Å². The van der Waals surface area contributed by atoms with Crippen LogP contribution in [0.15, 0.2) is 18.5 Å². The van der Waals surface area contributed by atoms with E-state index in [1.165, 1.54) is 29.3 Å². The lowest BCUT2D eigenvalue weighted by molar-refractivity contribution is -0.119. The molecule has 118 valence electrons. The van der Waals surface area contributed by atoms with E-state index in [1.807, 2.05) is 13.8 Å². The molecule has 2 aromatic heterocycles. The molecule has 1 atom stereocenters. The number of rotatable bonds is 5. The van der Waals surface area contributed by atoms with Gasteiger partial charge in [-0.25, -0.2) is 4.79 Å². The predicted octanol–water partition coefficient (Wildman–Crippen LogP) is 3.28. The van der Waals surface area contributed by atoms with Crippen molar-refractivity contribution < 1.29 is 14.3 Å². The molecule has 8 heteroatoms. The van der Waals surface area contributed by atoms with Crippen LogP contribution in [0.5, 0.6) is 0 Å². The van der Waals surface area contributed by atoms with Crippen molar-refractivity contribution in [1.29, 1.82) is 0 Å². The summed E-state index contributed by atoms with van der Waals surface area (Å²) in [5, 5.41) is 7.79. The summed E-state index contributed by atoms with van der Waals surface area (Å²) in [6, 6.07) is 1.19. The normalized spacial score (nSPS) is 12.0. The molecule has 2 aromatic rings. The molecule has 0 saturated carbocycles. The first kappa shape index (κ1) is 16.5. The molecule has 0 bridgehead atoms. The second kappa shape index (κ2) is 6.93. The fourth-order valence-electron chi connectivity index (χ4n) is 2.04. The average molecular weight is 342 g/mol. The van der Waals surface area contributed by atoms with Gasteiger partial charge in [0, 0.05) is 11.1 Å². The standard InChI is InChI=1S/C14H16ClN3O3S/c1-4-11(18-7-9(15)6-16-18)12(19)17-13-10(14(20)21-3)5-8(2)22-13/h5-7,11H,4H2,1-3H3,(H,17,19). The summed E-state index contributed by atoms with van der Waals surface area (Å²) in [5.41, 5.74) is 0.353. The summed E-state index contributed by atoms with van der Waals surface area (Å²) >= 11 is 7.17. The van der Waals surface area contributed by atoms with Crippen molar-refractivity contribution in [3.05, 3.63) is 33.9 Å². The number of aryl methyl sites for hydroxylation is 1. The van der Waals surface area contributed by atoms with E-state index >= 15 is 0 Å². The second-order valence-corrected chi connectivity index (χ2v) is 6.34. The Morgan fingerprint density at radius 2 is 2.27 bits per heavy atom. The van der Waals surface area contributed by atoms with Gasteiger partial charge in [0.2, 0.25) is 5.91 Å². The molecular weight excluding hydrogens is 326 g/mol. The minimum Gasteiger partial charge on any atom is -0.465 e. The van der Waals surface area contributed by atoms with Crippen LogP contribution in [0.3, 0.4) is 0 Å². The number of carbonyl (C=O) groups is 2. The van der Waals surface area contributed by atoms with E-state index < -0.39 is 12.0 Å². The molecule has 6 nitrogen and oxygen atoms in total. The first-order valence-electron chi connectivity index (χ1n) is 6.65. The highest BCUT2D eigenvalue weighted by Gasteiger charge is 2.23. The SMILES string of the molecule is CCC(C(=O)Nc1sc(C)cc1C(=O)OC)n1cc(Cl)cn1. The van der Waals surface area contributed by atoms with Crippen LogP contribution in [0.1, 0.15) is 34.6 Å². The van der Waals surface area contributed by atoms with Crippen molar-refractivity contribution in [3.63, 3.8) is 0 Å². The number of hydrogen-bond donors (Lipinski definition) is 1. The highest BCUT2D eigenvalue weighted by molar-refractivity contribution is 7.16. The van der Waals surface area contributed by atoms with E-state index in [0.29, 0.717) is 22.0 Å². The first-order valence-corrected chi connectivity index (χ1v) is 7.85. The van der Waals surface area contributed by atoms with E-state index in [2.05, 4.69) is 10.4 Å². The minimum absolute atomic E-state index is 0.255. The van der Waals surface area contributed by atoms with E-state index in [4.69, 9.17) is 16.3 Å². The number of halogens is 1. The van der Waals surface area contributed by atoms with Crippen molar-refractivity contribution in [2.75, 3.05) is 12.4 Å². The molecule has 1 unspecified atom stereocenters. The largest absolute Gasteiger partial charge is 0.465 e. The second-order valence-electron chi connectivity index (χ2n) is 4.64. The zero-order valence-electron chi connectivity index (χ0n) is 12.4. The Hall–Kier alpha value is -1.86. The summed E-state index contributed by atoms with van der Waals surface area (Å²) < 4.78 is 6.24. The molecule has 22 heavy (non-hydrogen) atoms. The van der Waals surface area contributed by atoms with Crippen LogP contribution in [0.25, 0.3) is 0 Å². The Bertz CT molecular complexity index is 695. The van der Waals surface area contributed by atoms with Gasteiger partial charge in [0.1, 0.15) is 11.0 Å². The zero-order valence-corrected chi connectivity index (χ0v) is 14.0. The van der Waals surface area contributed by atoms with Gasteiger partial charge in [-0.15, -0.1) is 11.3 Å². The molecule has 0 aliphatic carbocycles. The fraction of sp³-hybridized carbons (Fsp3) is 0.357. The maximum atomic E-state index is 12.5. The molecule has 0 saturated heterocycles. The van der Waals surface area contributed by atoms with Gasteiger partial charge in [0.05, 0.1) is 23.9 Å². The molecule has 1 amide bonds. The predicted molar refractivity (Wildman–Crippen MR) is 85.6 cm³/mol. The van der Waals surface area contributed by atoms with Gasteiger partial charge >= 0.3 is 5.97 Å².